The van der Waals surface area contributed by atoms with E-state index in [0.717, 1.165) is 44.2 Å². The standard InChI is InChI=1S/C13H21N3O/c1-3-8-14-11-5-4-6-12(15-11)16-13(2)7-9-17-10-13/h4-6H,3,7-10H2,1-2H3,(H2,14,15,16). The van der Waals surface area contributed by atoms with Crippen molar-refractivity contribution in [3.05, 3.63) is 18.2 Å². The average Bonchev–Trinajstić information content (AvgIpc) is 2.73. The first kappa shape index (κ1) is 12.2. The molecule has 1 fully saturated rings. The Morgan fingerprint density at radius 3 is 2.94 bits per heavy atom. The summed E-state index contributed by atoms with van der Waals surface area (Å²) in [6.07, 6.45) is 2.13. The molecule has 1 unspecified atom stereocenters. The van der Waals surface area contributed by atoms with Crippen LogP contribution in [-0.4, -0.2) is 30.3 Å². The quantitative estimate of drug-likeness (QED) is 0.823. The zero-order valence-corrected chi connectivity index (χ0v) is 10.6. The lowest BCUT2D eigenvalue weighted by molar-refractivity contribution is 0.185. The lowest BCUT2D eigenvalue weighted by Gasteiger charge is -2.24. The summed E-state index contributed by atoms with van der Waals surface area (Å²) in [4.78, 5) is 4.54. The smallest absolute Gasteiger partial charge is 0.128 e. The van der Waals surface area contributed by atoms with Gasteiger partial charge in [-0.3, -0.25) is 0 Å². The van der Waals surface area contributed by atoms with E-state index in [1.807, 2.05) is 18.2 Å². The van der Waals surface area contributed by atoms with Crippen LogP contribution in [-0.2, 0) is 4.74 Å². The minimum absolute atomic E-state index is 0.0242. The molecule has 1 aromatic heterocycles. The number of rotatable bonds is 5. The van der Waals surface area contributed by atoms with Gasteiger partial charge in [-0.25, -0.2) is 4.98 Å². The molecule has 0 aliphatic carbocycles. The van der Waals surface area contributed by atoms with Crippen LogP contribution >= 0.6 is 0 Å². The predicted octanol–water partition coefficient (Wildman–Crippen LogP) is 2.49. The van der Waals surface area contributed by atoms with Crippen LogP contribution in [0.4, 0.5) is 11.6 Å². The molecule has 1 aliphatic rings. The van der Waals surface area contributed by atoms with E-state index in [1.54, 1.807) is 0 Å². The van der Waals surface area contributed by atoms with Gasteiger partial charge in [0.2, 0.25) is 0 Å². The third kappa shape index (κ3) is 3.33. The highest BCUT2D eigenvalue weighted by atomic mass is 16.5. The Labute approximate surface area is 103 Å². The molecule has 0 amide bonds. The zero-order valence-electron chi connectivity index (χ0n) is 10.6. The minimum atomic E-state index is 0.0242. The second-order valence-electron chi connectivity index (χ2n) is 4.82. The van der Waals surface area contributed by atoms with Crippen molar-refractivity contribution in [3.63, 3.8) is 0 Å². The van der Waals surface area contributed by atoms with Crippen LogP contribution in [0.2, 0.25) is 0 Å². The van der Waals surface area contributed by atoms with Crippen molar-refractivity contribution in [2.24, 2.45) is 0 Å². The summed E-state index contributed by atoms with van der Waals surface area (Å²) in [6, 6.07) is 6.02. The Morgan fingerprint density at radius 2 is 2.24 bits per heavy atom. The Morgan fingerprint density at radius 1 is 1.41 bits per heavy atom. The summed E-state index contributed by atoms with van der Waals surface area (Å²) in [5.74, 6) is 1.85. The molecule has 0 spiro atoms. The SMILES string of the molecule is CCCNc1cccc(NC2(C)CCOC2)n1. The molecule has 1 atom stereocenters. The molecule has 4 heteroatoms. The molecule has 17 heavy (non-hydrogen) atoms. The first-order chi connectivity index (χ1) is 8.22. The van der Waals surface area contributed by atoms with E-state index in [-0.39, 0.29) is 5.54 Å². The number of pyridine rings is 1. The molecule has 0 saturated carbocycles. The minimum Gasteiger partial charge on any atom is -0.379 e. The Hall–Kier alpha value is -1.29. The number of hydrogen-bond donors (Lipinski definition) is 2. The van der Waals surface area contributed by atoms with Gasteiger partial charge in [-0.1, -0.05) is 13.0 Å². The van der Waals surface area contributed by atoms with E-state index in [4.69, 9.17) is 4.74 Å². The van der Waals surface area contributed by atoms with Crippen LogP contribution in [0.15, 0.2) is 18.2 Å². The maximum Gasteiger partial charge on any atom is 0.128 e. The summed E-state index contributed by atoms with van der Waals surface area (Å²) < 4.78 is 5.42. The van der Waals surface area contributed by atoms with Crippen molar-refractivity contribution in [3.8, 4) is 0 Å². The van der Waals surface area contributed by atoms with Crippen LogP contribution in [0.5, 0.6) is 0 Å². The van der Waals surface area contributed by atoms with Gasteiger partial charge in [0.05, 0.1) is 12.1 Å². The fourth-order valence-electron chi connectivity index (χ4n) is 1.93. The fraction of sp³-hybridized carbons (Fsp3) is 0.615. The first-order valence-electron chi connectivity index (χ1n) is 6.29. The number of nitrogens with one attached hydrogen (secondary N) is 2. The molecule has 2 N–H and O–H groups in total. The summed E-state index contributed by atoms with van der Waals surface area (Å²) in [5.41, 5.74) is 0.0242. The summed E-state index contributed by atoms with van der Waals surface area (Å²) in [7, 11) is 0. The van der Waals surface area contributed by atoms with Gasteiger partial charge in [0.1, 0.15) is 11.6 Å². The van der Waals surface area contributed by atoms with E-state index in [2.05, 4.69) is 29.5 Å². The summed E-state index contributed by atoms with van der Waals surface area (Å²) in [6.45, 7) is 6.86. The third-order valence-electron chi connectivity index (χ3n) is 2.95. The lowest BCUT2D eigenvalue weighted by atomic mass is 10.0. The van der Waals surface area contributed by atoms with Crippen LogP contribution in [0.3, 0.4) is 0 Å². The van der Waals surface area contributed by atoms with Gasteiger partial charge >= 0.3 is 0 Å². The molecule has 4 nitrogen and oxygen atoms in total. The highest BCUT2D eigenvalue weighted by Gasteiger charge is 2.29. The maximum absolute atomic E-state index is 5.42. The number of aromatic nitrogens is 1. The predicted molar refractivity (Wildman–Crippen MR) is 70.5 cm³/mol. The lowest BCUT2D eigenvalue weighted by Crippen LogP contribution is -2.35. The van der Waals surface area contributed by atoms with Gasteiger partial charge < -0.3 is 15.4 Å². The van der Waals surface area contributed by atoms with Gasteiger partial charge in [-0.05, 0) is 31.9 Å². The van der Waals surface area contributed by atoms with Gasteiger partial charge in [0.25, 0.3) is 0 Å². The van der Waals surface area contributed by atoms with Crippen LogP contribution in [0, 0.1) is 0 Å². The number of ether oxygens (including phenoxy) is 1. The number of nitrogens with zero attached hydrogens (tertiary/aromatic N) is 1. The van der Waals surface area contributed by atoms with Crippen molar-refractivity contribution in [2.45, 2.75) is 32.2 Å². The molecule has 2 rings (SSSR count). The van der Waals surface area contributed by atoms with Crippen molar-refractivity contribution < 1.29 is 4.74 Å². The highest BCUT2D eigenvalue weighted by Crippen LogP contribution is 2.23. The largest absolute Gasteiger partial charge is 0.379 e. The summed E-state index contributed by atoms with van der Waals surface area (Å²) in [5, 5.41) is 6.75. The maximum atomic E-state index is 5.42. The molecule has 94 valence electrons. The molecule has 0 bridgehead atoms. The number of hydrogen-bond acceptors (Lipinski definition) is 4. The van der Waals surface area contributed by atoms with E-state index >= 15 is 0 Å². The van der Waals surface area contributed by atoms with Crippen molar-refractivity contribution in [1.29, 1.82) is 0 Å². The third-order valence-corrected chi connectivity index (χ3v) is 2.95. The van der Waals surface area contributed by atoms with Crippen LogP contribution in [0.1, 0.15) is 26.7 Å². The van der Waals surface area contributed by atoms with Gasteiger partial charge in [0.15, 0.2) is 0 Å². The van der Waals surface area contributed by atoms with Gasteiger partial charge in [0, 0.05) is 13.2 Å². The van der Waals surface area contributed by atoms with Crippen molar-refractivity contribution in [1.82, 2.24) is 4.98 Å². The second kappa shape index (κ2) is 5.36. The van der Waals surface area contributed by atoms with E-state index in [9.17, 15) is 0 Å². The fourth-order valence-corrected chi connectivity index (χ4v) is 1.93. The van der Waals surface area contributed by atoms with E-state index in [0.29, 0.717) is 0 Å². The Kier molecular flexibility index (Phi) is 3.84. The molecule has 0 radical (unpaired) electrons. The van der Waals surface area contributed by atoms with Crippen LogP contribution < -0.4 is 10.6 Å². The number of anilines is 2. The zero-order chi connectivity index (χ0) is 12.1. The monoisotopic (exact) mass is 235 g/mol. The molecule has 1 saturated heterocycles. The summed E-state index contributed by atoms with van der Waals surface area (Å²) >= 11 is 0. The first-order valence-corrected chi connectivity index (χ1v) is 6.29. The highest BCUT2D eigenvalue weighted by molar-refractivity contribution is 5.46. The van der Waals surface area contributed by atoms with Crippen molar-refractivity contribution >= 4 is 11.6 Å². The van der Waals surface area contributed by atoms with Gasteiger partial charge in [-0.15, -0.1) is 0 Å². The Balaban J connectivity index is 2.00. The molecular weight excluding hydrogens is 214 g/mol. The Bertz CT molecular complexity index is 361. The van der Waals surface area contributed by atoms with E-state index < -0.39 is 0 Å². The molecule has 1 aliphatic heterocycles. The van der Waals surface area contributed by atoms with Crippen molar-refractivity contribution in [2.75, 3.05) is 30.4 Å². The van der Waals surface area contributed by atoms with Gasteiger partial charge in [-0.2, -0.15) is 0 Å². The molecule has 0 aromatic carbocycles. The average molecular weight is 235 g/mol. The van der Waals surface area contributed by atoms with Crippen LogP contribution in [0.25, 0.3) is 0 Å². The second-order valence-corrected chi connectivity index (χ2v) is 4.82. The normalized spacial score (nSPS) is 23.6. The molecular formula is C13H21N3O. The van der Waals surface area contributed by atoms with E-state index in [1.165, 1.54) is 0 Å². The molecule has 2 heterocycles. The molecule has 1 aromatic rings. The topological polar surface area (TPSA) is 46.2 Å².